The molecule has 0 heterocycles. The van der Waals surface area contributed by atoms with Crippen LogP contribution in [0, 0.1) is 11.8 Å². The zero-order valence-electron chi connectivity index (χ0n) is 8.05. The van der Waals surface area contributed by atoms with Crippen molar-refractivity contribution in [2.24, 2.45) is 11.8 Å². The normalized spacial score (nSPS) is 43.0. The topological polar surface area (TPSA) is 20.2 Å². The van der Waals surface area contributed by atoms with Gasteiger partial charge in [0.15, 0.2) is 0 Å². The van der Waals surface area contributed by atoms with Gasteiger partial charge in [0.25, 0.3) is 0 Å². The average molecular weight is 168 g/mol. The molecule has 2 atom stereocenters. The highest BCUT2D eigenvalue weighted by Crippen LogP contribution is 2.43. The van der Waals surface area contributed by atoms with E-state index >= 15 is 0 Å². The minimum Gasteiger partial charge on any atom is -0.390 e. The lowest BCUT2D eigenvalue weighted by Crippen LogP contribution is -2.34. The lowest BCUT2D eigenvalue weighted by molar-refractivity contribution is -0.0244. The molecule has 1 heteroatoms. The van der Waals surface area contributed by atoms with Crippen molar-refractivity contribution in [2.45, 2.75) is 57.5 Å². The molecule has 0 bridgehead atoms. The molecule has 0 aromatic heterocycles. The molecule has 0 aliphatic heterocycles. The summed E-state index contributed by atoms with van der Waals surface area (Å²) in [5, 5.41) is 10.3. The van der Waals surface area contributed by atoms with Crippen molar-refractivity contribution in [3.63, 3.8) is 0 Å². The van der Waals surface area contributed by atoms with Crippen LogP contribution in [0.15, 0.2) is 0 Å². The molecule has 0 aromatic rings. The predicted molar refractivity (Wildman–Crippen MR) is 49.9 cm³/mol. The van der Waals surface area contributed by atoms with Gasteiger partial charge in [0.05, 0.1) is 5.60 Å². The van der Waals surface area contributed by atoms with E-state index in [1.165, 1.54) is 25.7 Å². The molecule has 2 rings (SSSR count). The Labute approximate surface area is 75.2 Å². The van der Waals surface area contributed by atoms with Gasteiger partial charge in [-0.2, -0.15) is 0 Å². The molecule has 0 amide bonds. The maximum absolute atomic E-state index is 10.3. The Morgan fingerprint density at radius 1 is 1.33 bits per heavy atom. The summed E-state index contributed by atoms with van der Waals surface area (Å²) in [5.74, 6) is 1.63. The van der Waals surface area contributed by atoms with E-state index in [0.717, 1.165) is 31.1 Å². The molecule has 1 nitrogen and oxygen atoms in total. The summed E-state index contributed by atoms with van der Waals surface area (Å²) in [5.41, 5.74) is -0.265. The average Bonchev–Trinajstić information content (AvgIpc) is 2.69. The lowest BCUT2D eigenvalue weighted by Gasteiger charge is -2.35. The van der Waals surface area contributed by atoms with Crippen LogP contribution in [-0.4, -0.2) is 10.7 Å². The maximum atomic E-state index is 10.3. The Kier molecular flexibility index (Phi) is 2.16. The molecule has 0 radical (unpaired) electrons. The van der Waals surface area contributed by atoms with E-state index in [4.69, 9.17) is 0 Å². The first-order valence-electron chi connectivity index (χ1n) is 5.40. The summed E-state index contributed by atoms with van der Waals surface area (Å²) in [7, 11) is 0. The molecule has 1 N–H and O–H groups in total. The van der Waals surface area contributed by atoms with E-state index in [-0.39, 0.29) is 5.60 Å². The van der Waals surface area contributed by atoms with E-state index in [0.29, 0.717) is 0 Å². The van der Waals surface area contributed by atoms with Crippen molar-refractivity contribution >= 4 is 0 Å². The van der Waals surface area contributed by atoms with Crippen LogP contribution in [-0.2, 0) is 0 Å². The molecule has 0 aromatic carbocycles. The maximum Gasteiger partial charge on any atom is 0.0653 e. The first-order valence-corrected chi connectivity index (χ1v) is 5.40. The zero-order valence-corrected chi connectivity index (χ0v) is 8.05. The number of aliphatic hydroxyl groups is 1. The first kappa shape index (κ1) is 8.55. The Hall–Kier alpha value is -0.0400. The molecule has 2 saturated carbocycles. The van der Waals surface area contributed by atoms with Crippen LogP contribution in [0.3, 0.4) is 0 Å². The molecule has 70 valence electrons. The Morgan fingerprint density at radius 2 is 2.08 bits per heavy atom. The van der Waals surface area contributed by atoms with E-state index in [9.17, 15) is 5.11 Å². The van der Waals surface area contributed by atoms with Crippen LogP contribution >= 0.6 is 0 Å². The molecule has 2 unspecified atom stereocenters. The number of rotatable bonds is 2. The summed E-state index contributed by atoms with van der Waals surface area (Å²) in [6.45, 7) is 2.27. The van der Waals surface area contributed by atoms with Gasteiger partial charge in [-0.05, 0) is 31.1 Å². The van der Waals surface area contributed by atoms with Gasteiger partial charge in [0.2, 0.25) is 0 Å². The van der Waals surface area contributed by atoms with Crippen LogP contribution < -0.4 is 0 Å². The minimum absolute atomic E-state index is 0.265. The van der Waals surface area contributed by atoms with Crippen LogP contribution in [0.1, 0.15) is 51.9 Å². The fourth-order valence-corrected chi connectivity index (χ4v) is 2.68. The van der Waals surface area contributed by atoms with Crippen molar-refractivity contribution in [3.05, 3.63) is 0 Å². The van der Waals surface area contributed by atoms with Crippen LogP contribution in [0.2, 0.25) is 0 Å². The summed E-state index contributed by atoms with van der Waals surface area (Å²) in [6, 6.07) is 0. The Morgan fingerprint density at radius 3 is 2.67 bits per heavy atom. The zero-order chi connectivity index (χ0) is 8.60. The van der Waals surface area contributed by atoms with E-state index in [1.807, 2.05) is 0 Å². The third kappa shape index (κ3) is 2.01. The summed E-state index contributed by atoms with van der Waals surface area (Å²) in [4.78, 5) is 0. The Balaban J connectivity index is 1.88. The third-order valence-electron chi connectivity index (χ3n) is 3.43. The SMILES string of the molecule is CC1CCCC(O)(CC2CC2)C1. The largest absolute Gasteiger partial charge is 0.390 e. The fourth-order valence-electron chi connectivity index (χ4n) is 2.68. The van der Waals surface area contributed by atoms with Gasteiger partial charge in [0, 0.05) is 0 Å². The highest BCUT2D eigenvalue weighted by atomic mass is 16.3. The summed E-state index contributed by atoms with van der Waals surface area (Å²) >= 11 is 0. The number of hydrogen-bond donors (Lipinski definition) is 1. The molecule has 2 fully saturated rings. The molecule has 0 spiro atoms. The van der Waals surface area contributed by atoms with Crippen LogP contribution in [0.25, 0.3) is 0 Å². The predicted octanol–water partition coefficient (Wildman–Crippen LogP) is 2.73. The van der Waals surface area contributed by atoms with Crippen molar-refractivity contribution in [3.8, 4) is 0 Å². The lowest BCUT2D eigenvalue weighted by atomic mass is 9.76. The van der Waals surface area contributed by atoms with E-state index in [2.05, 4.69) is 6.92 Å². The highest BCUT2D eigenvalue weighted by Gasteiger charge is 2.37. The Bertz CT molecular complexity index is 158. The van der Waals surface area contributed by atoms with Crippen LogP contribution in [0.4, 0.5) is 0 Å². The number of hydrogen-bond acceptors (Lipinski definition) is 1. The monoisotopic (exact) mass is 168 g/mol. The first-order chi connectivity index (χ1) is 5.68. The van der Waals surface area contributed by atoms with Gasteiger partial charge < -0.3 is 5.11 Å². The standard InChI is InChI=1S/C11H20O/c1-9-3-2-6-11(12,7-9)8-10-4-5-10/h9-10,12H,2-8H2,1H3. The second-order valence-electron chi connectivity index (χ2n) is 5.07. The summed E-state index contributed by atoms with van der Waals surface area (Å²) < 4.78 is 0. The second kappa shape index (κ2) is 3.02. The van der Waals surface area contributed by atoms with Gasteiger partial charge >= 0.3 is 0 Å². The molecule has 2 aliphatic rings. The van der Waals surface area contributed by atoms with E-state index in [1.54, 1.807) is 0 Å². The van der Waals surface area contributed by atoms with Crippen molar-refractivity contribution in [1.29, 1.82) is 0 Å². The second-order valence-corrected chi connectivity index (χ2v) is 5.07. The molecular formula is C11H20O. The quantitative estimate of drug-likeness (QED) is 0.672. The highest BCUT2D eigenvalue weighted by molar-refractivity contribution is 4.90. The van der Waals surface area contributed by atoms with Gasteiger partial charge in [-0.1, -0.05) is 32.6 Å². The van der Waals surface area contributed by atoms with Gasteiger partial charge in [-0.3, -0.25) is 0 Å². The van der Waals surface area contributed by atoms with Crippen molar-refractivity contribution < 1.29 is 5.11 Å². The molecular weight excluding hydrogens is 148 g/mol. The molecule has 2 aliphatic carbocycles. The third-order valence-corrected chi connectivity index (χ3v) is 3.43. The van der Waals surface area contributed by atoms with Crippen LogP contribution in [0.5, 0.6) is 0 Å². The minimum atomic E-state index is -0.265. The molecule has 0 saturated heterocycles. The van der Waals surface area contributed by atoms with Crippen molar-refractivity contribution in [2.75, 3.05) is 0 Å². The van der Waals surface area contributed by atoms with Gasteiger partial charge in [0.1, 0.15) is 0 Å². The molecule has 12 heavy (non-hydrogen) atoms. The summed E-state index contributed by atoms with van der Waals surface area (Å²) in [6.07, 6.45) is 8.53. The fraction of sp³-hybridized carbons (Fsp3) is 1.00. The van der Waals surface area contributed by atoms with Gasteiger partial charge in [-0.15, -0.1) is 0 Å². The smallest absolute Gasteiger partial charge is 0.0653 e. The van der Waals surface area contributed by atoms with Crippen molar-refractivity contribution in [1.82, 2.24) is 0 Å². The van der Waals surface area contributed by atoms with E-state index < -0.39 is 0 Å². The van der Waals surface area contributed by atoms with Gasteiger partial charge in [-0.25, -0.2) is 0 Å².